The first-order valence-electron chi connectivity index (χ1n) is 7.28. The van der Waals surface area contributed by atoms with E-state index in [0.717, 1.165) is 12.2 Å². The van der Waals surface area contributed by atoms with E-state index in [2.05, 4.69) is 11.4 Å². The predicted molar refractivity (Wildman–Crippen MR) is 81.3 cm³/mol. The Bertz CT molecular complexity index is 497. The molecule has 0 bridgehead atoms. The number of benzene rings is 1. The van der Waals surface area contributed by atoms with E-state index in [1.54, 1.807) is 0 Å². The number of carbonyl (C=O) groups excluding carboxylic acids is 1. The summed E-state index contributed by atoms with van der Waals surface area (Å²) < 4.78 is 10.9. The van der Waals surface area contributed by atoms with Gasteiger partial charge in [-0.3, -0.25) is 0 Å². The van der Waals surface area contributed by atoms with Crippen molar-refractivity contribution in [3.63, 3.8) is 0 Å². The molecule has 2 rings (SSSR count). The maximum absolute atomic E-state index is 11.6. The second kappa shape index (κ2) is 6.35. The molecule has 1 aliphatic heterocycles. The summed E-state index contributed by atoms with van der Waals surface area (Å²) in [5, 5.41) is 2.72. The first-order chi connectivity index (χ1) is 9.85. The second-order valence-electron chi connectivity index (χ2n) is 6.43. The molecule has 1 heterocycles. The summed E-state index contributed by atoms with van der Waals surface area (Å²) in [6.07, 6.45) is 0.433. The third kappa shape index (κ3) is 4.63. The van der Waals surface area contributed by atoms with Crippen molar-refractivity contribution in [2.45, 2.75) is 38.8 Å². The topological polar surface area (TPSA) is 73.6 Å². The quantitative estimate of drug-likeness (QED) is 0.894. The van der Waals surface area contributed by atoms with Crippen LogP contribution in [-0.2, 0) is 11.2 Å². The first-order valence-corrected chi connectivity index (χ1v) is 7.28. The van der Waals surface area contributed by atoms with Crippen LogP contribution in [0.25, 0.3) is 0 Å². The number of amides is 1. The molecule has 5 heteroatoms. The van der Waals surface area contributed by atoms with Crippen LogP contribution in [0.15, 0.2) is 24.3 Å². The summed E-state index contributed by atoms with van der Waals surface area (Å²) in [6, 6.07) is 7.81. The van der Waals surface area contributed by atoms with Gasteiger partial charge >= 0.3 is 6.09 Å². The summed E-state index contributed by atoms with van der Waals surface area (Å²) in [7, 11) is 0. The summed E-state index contributed by atoms with van der Waals surface area (Å²) in [4.78, 5) is 11.6. The molecule has 2 unspecified atom stereocenters. The molecule has 5 nitrogen and oxygen atoms in total. The Morgan fingerprint density at radius 1 is 1.48 bits per heavy atom. The molecule has 0 spiro atoms. The molecule has 21 heavy (non-hydrogen) atoms. The summed E-state index contributed by atoms with van der Waals surface area (Å²) in [5.74, 6) is 1.12. The van der Waals surface area contributed by atoms with Gasteiger partial charge in [0.25, 0.3) is 0 Å². The van der Waals surface area contributed by atoms with Crippen LogP contribution in [0.4, 0.5) is 4.79 Å². The van der Waals surface area contributed by atoms with E-state index in [0.29, 0.717) is 13.2 Å². The molecule has 1 amide bonds. The van der Waals surface area contributed by atoms with Crippen LogP contribution in [0.3, 0.4) is 0 Å². The van der Waals surface area contributed by atoms with E-state index in [-0.39, 0.29) is 12.0 Å². The van der Waals surface area contributed by atoms with Gasteiger partial charge < -0.3 is 20.5 Å². The van der Waals surface area contributed by atoms with E-state index >= 15 is 0 Å². The van der Waals surface area contributed by atoms with Crippen molar-refractivity contribution in [1.29, 1.82) is 0 Å². The number of nitrogens with one attached hydrogen (secondary N) is 1. The zero-order valence-corrected chi connectivity index (χ0v) is 12.9. The number of hydrogen-bond acceptors (Lipinski definition) is 4. The molecule has 1 aliphatic rings. The van der Waals surface area contributed by atoms with Crippen molar-refractivity contribution < 1.29 is 14.3 Å². The zero-order valence-electron chi connectivity index (χ0n) is 12.9. The van der Waals surface area contributed by atoms with Crippen molar-refractivity contribution >= 4 is 6.09 Å². The Morgan fingerprint density at radius 3 is 2.90 bits per heavy atom. The highest BCUT2D eigenvalue weighted by molar-refractivity contribution is 5.67. The lowest BCUT2D eigenvalue weighted by Crippen LogP contribution is -2.46. The fourth-order valence-electron chi connectivity index (χ4n) is 2.31. The van der Waals surface area contributed by atoms with Gasteiger partial charge in [-0.05, 0) is 38.8 Å². The Hall–Kier alpha value is -1.75. The number of nitrogens with two attached hydrogens (primary N) is 1. The molecular formula is C16H24N2O3. The summed E-state index contributed by atoms with van der Waals surface area (Å²) in [6.45, 7) is 6.45. The van der Waals surface area contributed by atoms with Gasteiger partial charge in [-0.25, -0.2) is 4.79 Å². The number of hydrogen-bond donors (Lipinski definition) is 2. The van der Waals surface area contributed by atoms with Gasteiger partial charge in [-0.2, -0.15) is 0 Å². The molecule has 0 radical (unpaired) electrons. The zero-order chi connectivity index (χ0) is 15.5. The fourth-order valence-corrected chi connectivity index (χ4v) is 2.31. The van der Waals surface area contributed by atoms with E-state index in [4.69, 9.17) is 15.2 Å². The number of ether oxygens (including phenoxy) is 2. The van der Waals surface area contributed by atoms with E-state index in [1.807, 2.05) is 39.0 Å². The van der Waals surface area contributed by atoms with E-state index in [1.165, 1.54) is 5.56 Å². The van der Waals surface area contributed by atoms with E-state index < -0.39 is 11.7 Å². The normalized spacial score (nSPS) is 19.1. The minimum atomic E-state index is -0.499. The molecule has 2 atom stereocenters. The molecule has 0 aliphatic carbocycles. The smallest absolute Gasteiger partial charge is 0.407 e. The van der Waals surface area contributed by atoms with Crippen LogP contribution in [0, 0.1) is 5.92 Å². The number of alkyl carbamates (subject to hydrolysis) is 1. The SMILES string of the molecule is CC(C)(C)OC(=O)NCC(N)C1COc2ccccc2C1. The molecule has 3 N–H and O–H groups in total. The lowest BCUT2D eigenvalue weighted by Gasteiger charge is -2.30. The standard InChI is InChI=1S/C16H24N2O3/c1-16(2,3)21-15(19)18-9-13(17)12-8-11-6-4-5-7-14(11)20-10-12/h4-7,12-13H,8-10,17H2,1-3H3,(H,18,19). The molecule has 1 aromatic rings. The third-order valence-corrected chi connectivity index (χ3v) is 3.39. The van der Waals surface area contributed by atoms with Crippen molar-refractivity contribution in [2.75, 3.05) is 13.2 Å². The average molecular weight is 292 g/mol. The molecule has 0 saturated heterocycles. The van der Waals surface area contributed by atoms with Crippen LogP contribution >= 0.6 is 0 Å². The van der Waals surface area contributed by atoms with Crippen LogP contribution in [0.2, 0.25) is 0 Å². The number of fused-ring (bicyclic) bond motifs is 1. The van der Waals surface area contributed by atoms with Gasteiger partial charge in [0.1, 0.15) is 11.4 Å². The van der Waals surface area contributed by atoms with Gasteiger partial charge in [0.15, 0.2) is 0 Å². The van der Waals surface area contributed by atoms with Crippen LogP contribution in [0.5, 0.6) is 5.75 Å². The Morgan fingerprint density at radius 2 is 2.19 bits per heavy atom. The van der Waals surface area contributed by atoms with Crippen molar-refractivity contribution in [2.24, 2.45) is 11.7 Å². The highest BCUT2D eigenvalue weighted by Crippen LogP contribution is 2.27. The van der Waals surface area contributed by atoms with Gasteiger partial charge in [-0.15, -0.1) is 0 Å². The van der Waals surface area contributed by atoms with Crippen LogP contribution < -0.4 is 15.8 Å². The predicted octanol–water partition coefficient (Wildman–Crippen LogP) is 2.09. The highest BCUT2D eigenvalue weighted by Gasteiger charge is 2.26. The second-order valence-corrected chi connectivity index (χ2v) is 6.43. The molecular weight excluding hydrogens is 268 g/mol. The molecule has 0 fully saturated rings. The first kappa shape index (κ1) is 15.6. The molecule has 0 aromatic heterocycles. The highest BCUT2D eigenvalue weighted by atomic mass is 16.6. The van der Waals surface area contributed by atoms with Crippen molar-refractivity contribution in [3.8, 4) is 5.75 Å². The van der Waals surface area contributed by atoms with Gasteiger partial charge in [0.05, 0.1) is 6.61 Å². The number of carbonyl (C=O) groups is 1. The van der Waals surface area contributed by atoms with Gasteiger partial charge in [0, 0.05) is 18.5 Å². The number of para-hydroxylation sites is 1. The third-order valence-electron chi connectivity index (χ3n) is 3.39. The van der Waals surface area contributed by atoms with Crippen molar-refractivity contribution in [1.82, 2.24) is 5.32 Å². The van der Waals surface area contributed by atoms with Crippen LogP contribution in [0.1, 0.15) is 26.3 Å². The lowest BCUT2D eigenvalue weighted by molar-refractivity contribution is 0.0517. The van der Waals surface area contributed by atoms with Gasteiger partial charge in [-0.1, -0.05) is 18.2 Å². The minimum absolute atomic E-state index is 0.161. The van der Waals surface area contributed by atoms with Crippen LogP contribution in [-0.4, -0.2) is 30.9 Å². The summed E-state index contributed by atoms with van der Waals surface area (Å²) >= 11 is 0. The maximum Gasteiger partial charge on any atom is 0.407 e. The van der Waals surface area contributed by atoms with Crippen molar-refractivity contribution in [3.05, 3.63) is 29.8 Å². The Kier molecular flexibility index (Phi) is 4.73. The molecule has 116 valence electrons. The number of rotatable bonds is 3. The Labute approximate surface area is 125 Å². The molecule has 1 aromatic carbocycles. The fraction of sp³-hybridized carbons (Fsp3) is 0.562. The lowest BCUT2D eigenvalue weighted by atomic mass is 9.91. The maximum atomic E-state index is 11.6. The monoisotopic (exact) mass is 292 g/mol. The largest absolute Gasteiger partial charge is 0.493 e. The van der Waals surface area contributed by atoms with E-state index in [9.17, 15) is 4.79 Å². The van der Waals surface area contributed by atoms with Gasteiger partial charge in [0.2, 0.25) is 0 Å². The molecule has 0 saturated carbocycles. The average Bonchev–Trinajstić information content (AvgIpc) is 2.42. The summed E-state index contributed by atoms with van der Waals surface area (Å²) in [5.41, 5.74) is 6.84. The Balaban J connectivity index is 1.82. The minimum Gasteiger partial charge on any atom is -0.493 e.